The molecule has 0 bridgehead atoms. The summed E-state index contributed by atoms with van der Waals surface area (Å²) >= 11 is 0. The molecule has 0 spiro atoms. The number of hydrogen-bond acceptors (Lipinski definition) is 4. The number of halogens is 3. The van der Waals surface area contributed by atoms with Crippen molar-refractivity contribution in [3.63, 3.8) is 0 Å². The molecule has 1 fully saturated rings. The molecule has 1 aliphatic rings. The maximum Gasteiger partial charge on any atom is 0.449 e. The Balaban J connectivity index is 1.96. The van der Waals surface area contributed by atoms with E-state index in [0.29, 0.717) is 19.4 Å². The minimum atomic E-state index is -4.62. The van der Waals surface area contributed by atoms with E-state index in [9.17, 15) is 27.9 Å². The van der Waals surface area contributed by atoms with Crippen molar-refractivity contribution in [3.8, 4) is 0 Å². The van der Waals surface area contributed by atoms with Crippen LogP contribution in [0.4, 0.5) is 13.2 Å². The molecule has 0 aliphatic carbocycles. The number of unbranched alkanes of at least 4 members (excludes halogenated alkanes) is 3. The van der Waals surface area contributed by atoms with Crippen LogP contribution in [-0.4, -0.2) is 39.6 Å². The first kappa shape index (κ1) is 24.0. The molecular formula is C21H28F3NO5. The first-order valence-corrected chi connectivity index (χ1v) is 9.98. The first-order chi connectivity index (χ1) is 13.9. The molecule has 2 N–H and O–H groups in total. The van der Waals surface area contributed by atoms with Crippen molar-refractivity contribution in [2.75, 3.05) is 6.54 Å². The SMILES string of the molecule is CC1(C)CC(/C=C/[C@@H](O)c2ccc(C(F)(F)F)o2)N(CCCCCCC(=O)O)C1=O. The van der Waals surface area contributed by atoms with Gasteiger partial charge in [-0.2, -0.15) is 13.2 Å². The van der Waals surface area contributed by atoms with E-state index < -0.39 is 29.4 Å². The number of hydrogen-bond donors (Lipinski definition) is 2. The van der Waals surface area contributed by atoms with E-state index in [2.05, 4.69) is 4.42 Å². The van der Waals surface area contributed by atoms with Crippen LogP contribution in [-0.2, 0) is 15.8 Å². The van der Waals surface area contributed by atoms with Gasteiger partial charge in [0.2, 0.25) is 11.7 Å². The van der Waals surface area contributed by atoms with Gasteiger partial charge in [-0.1, -0.05) is 38.8 Å². The Morgan fingerprint density at radius 1 is 1.30 bits per heavy atom. The second kappa shape index (κ2) is 9.68. The minimum Gasteiger partial charge on any atom is -0.481 e. The van der Waals surface area contributed by atoms with E-state index in [0.717, 1.165) is 31.4 Å². The van der Waals surface area contributed by atoms with Crippen LogP contribution in [0.15, 0.2) is 28.7 Å². The molecule has 1 saturated heterocycles. The lowest BCUT2D eigenvalue weighted by atomic mass is 9.90. The number of likely N-dealkylation sites (tertiary alicyclic amines) is 1. The zero-order valence-corrected chi connectivity index (χ0v) is 17.1. The Morgan fingerprint density at radius 3 is 2.57 bits per heavy atom. The summed E-state index contributed by atoms with van der Waals surface area (Å²) in [5, 5.41) is 18.8. The van der Waals surface area contributed by atoms with Crippen molar-refractivity contribution in [1.29, 1.82) is 0 Å². The summed E-state index contributed by atoms with van der Waals surface area (Å²) in [6.07, 6.45) is 0.537. The number of carboxylic acids is 1. The highest BCUT2D eigenvalue weighted by Crippen LogP contribution is 2.37. The zero-order chi connectivity index (χ0) is 22.5. The zero-order valence-electron chi connectivity index (χ0n) is 17.1. The standard InChI is InChI=1S/C21H28F3NO5/c1-20(2)13-14(25(19(20)29)12-6-4-3-5-7-18(27)28)8-9-15(26)16-10-11-17(30-16)21(22,23)24/h8-11,14-15,26H,3-7,12-13H2,1-2H3,(H,27,28)/b9-8+/t14?,15-/m1/s1. The van der Waals surface area contributed by atoms with E-state index in [4.69, 9.17) is 5.11 Å². The fraction of sp³-hybridized carbons (Fsp3) is 0.619. The summed E-state index contributed by atoms with van der Waals surface area (Å²) in [5.74, 6) is -2.23. The smallest absolute Gasteiger partial charge is 0.449 e. The Kier molecular flexibility index (Phi) is 7.74. The van der Waals surface area contributed by atoms with Crippen LogP contribution in [0.2, 0.25) is 0 Å². The average Bonchev–Trinajstić information content (AvgIpc) is 3.21. The number of carbonyl (C=O) groups excluding carboxylic acids is 1. The van der Waals surface area contributed by atoms with Gasteiger partial charge in [0.1, 0.15) is 11.9 Å². The number of aliphatic carboxylic acids is 1. The molecule has 0 radical (unpaired) electrons. The largest absolute Gasteiger partial charge is 0.481 e. The lowest BCUT2D eigenvalue weighted by Gasteiger charge is -2.23. The lowest BCUT2D eigenvalue weighted by molar-refractivity contribution is -0.153. The van der Waals surface area contributed by atoms with Crippen LogP contribution in [0.25, 0.3) is 0 Å². The fourth-order valence-electron chi connectivity index (χ4n) is 3.60. The number of alkyl halides is 3. The van der Waals surface area contributed by atoms with Gasteiger partial charge in [-0.05, 0) is 31.4 Å². The lowest BCUT2D eigenvalue weighted by Crippen LogP contribution is -2.35. The van der Waals surface area contributed by atoms with Gasteiger partial charge in [0.25, 0.3) is 0 Å². The molecule has 1 aromatic heterocycles. The number of amides is 1. The maximum absolute atomic E-state index is 12.7. The number of furan rings is 1. The van der Waals surface area contributed by atoms with Crippen molar-refractivity contribution >= 4 is 11.9 Å². The van der Waals surface area contributed by atoms with Gasteiger partial charge < -0.3 is 19.5 Å². The number of carboxylic acid groups (broad SMARTS) is 1. The third kappa shape index (κ3) is 6.35. The third-order valence-corrected chi connectivity index (χ3v) is 5.21. The third-order valence-electron chi connectivity index (χ3n) is 5.21. The minimum absolute atomic E-state index is 0.0190. The molecule has 1 amide bonds. The highest BCUT2D eigenvalue weighted by Gasteiger charge is 2.43. The van der Waals surface area contributed by atoms with Crippen LogP contribution in [0.1, 0.15) is 70.0 Å². The van der Waals surface area contributed by atoms with Crippen LogP contribution < -0.4 is 0 Å². The van der Waals surface area contributed by atoms with Gasteiger partial charge in [-0.25, -0.2) is 0 Å². The summed E-state index contributed by atoms with van der Waals surface area (Å²) in [6, 6.07) is 1.57. The van der Waals surface area contributed by atoms with Gasteiger partial charge in [-0.15, -0.1) is 0 Å². The number of aliphatic hydroxyl groups is 1. The molecule has 1 unspecified atom stereocenters. The van der Waals surface area contributed by atoms with E-state index in [1.165, 1.54) is 6.08 Å². The first-order valence-electron chi connectivity index (χ1n) is 9.98. The number of rotatable bonds is 10. The van der Waals surface area contributed by atoms with Crippen molar-refractivity contribution in [1.82, 2.24) is 4.90 Å². The Morgan fingerprint density at radius 2 is 1.97 bits per heavy atom. The molecule has 2 heterocycles. The molecule has 2 atom stereocenters. The van der Waals surface area contributed by atoms with Crippen molar-refractivity contribution in [2.45, 2.75) is 70.7 Å². The summed E-state index contributed by atoms with van der Waals surface area (Å²) in [7, 11) is 0. The number of carbonyl (C=O) groups is 2. The Hall–Kier alpha value is -2.29. The summed E-state index contributed by atoms with van der Waals surface area (Å²) < 4.78 is 42.6. The second-order valence-corrected chi connectivity index (χ2v) is 8.24. The summed E-state index contributed by atoms with van der Waals surface area (Å²) in [4.78, 5) is 24.9. The quantitative estimate of drug-likeness (QED) is 0.419. The second-order valence-electron chi connectivity index (χ2n) is 8.24. The van der Waals surface area contributed by atoms with Crippen LogP contribution >= 0.6 is 0 Å². The molecule has 168 valence electrons. The summed E-state index contributed by atoms with van der Waals surface area (Å²) in [5.41, 5.74) is -0.572. The molecule has 1 aliphatic heterocycles. The highest BCUT2D eigenvalue weighted by atomic mass is 19.4. The maximum atomic E-state index is 12.7. The van der Waals surface area contributed by atoms with Gasteiger partial charge in [0.05, 0.1) is 6.04 Å². The van der Waals surface area contributed by atoms with E-state index >= 15 is 0 Å². The molecule has 0 aromatic carbocycles. The van der Waals surface area contributed by atoms with Crippen LogP contribution in [0, 0.1) is 5.41 Å². The Labute approximate surface area is 173 Å². The average molecular weight is 431 g/mol. The Bertz CT molecular complexity index is 769. The fourth-order valence-corrected chi connectivity index (χ4v) is 3.60. The molecular weight excluding hydrogens is 403 g/mol. The van der Waals surface area contributed by atoms with Crippen molar-refractivity contribution in [3.05, 3.63) is 35.8 Å². The normalized spacial score (nSPS) is 20.3. The predicted molar refractivity (Wildman–Crippen MR) is 102 cm³/mol. The number of nitrogens with zero attached hydrogens (tertiary/aromatic N) is 1. The van der Waals surface area contributed by atoms with Crippen LogP contribution in [0.5, 0.6) is 0 Å². The van der Waals surface area contributed by atoms with Gasteiger partial charge in [0, 0.05) is 18.4 Å². The molecule has 1 aromatic rings. The highest BCUT2D eigenvalue weighted by molar-refractivity contribution is 5.85. The van der Waals surface area contributed by atoms with E-state index in [1.54, 1.807) is 11.0 Å². The number of aliphatic hydroxyl groups excluding tert-OH is 1. The molecule has 2 rings (SSSR count). The summed E-state index contributed by atoms with van der Waals surface area (Å²) in [6.45, 7) is 4.17. The topological polar surface area (TPSA) is 91.0 Å². The van der Waals surface area contributed by atoms with Gasteiger partial charge in [-0.3, -0.25) is 9.59 Å². The molecule has 9 heteroatoms. The van der Waals surface area contributed by atoms with Gasteiger partial charge >= 0.3 is 12.1 Å². The van der Waals surface area contributed by atoms with Gasteiger partial charge in [0.15, 0.2) is 0 Å². The molecule has 0 saturated carbocycles. The van der Waals surface area contributed by atoms with Crippen molar-refractivity contribution in [2.24, 2.45) is 5.41 Å². The van der Waals surface area contributed by atoms with Crippen LogP contribution in [0.3, 0.4) is 0 Å². The molecule has 30 heavy (non-hydrogen) atoms. The monoisotopic (exact) mass is 431 g/mol. The van der Waals surface area contributed by atoms with Crippen molar-refractivity contribution < 1.29 is 37.4 Å². The van der Waals surface area contributed by atoms with E-state index in [-0.39, 0.29) is 24.1 Å². The van der Waals surface area contributed by atoms with E-state index in [1.807, 2.05) is 13.8 Å². The predicted octanol–water partition coefficient (Wildman–Crippen LogP) is 4.55. The molecule has 6 nitrogen and oxygen atoms in total.